The molecule has 2 aromatic rings. The van der Waals surface area contributed by atoms with Crippen molar-refractivity contribution in [3.63, 3.8) is 0 Å². The summed E-state index contributed by atoms with van der Waals surface area (Å²) in [6.07, 6.45) is 0.930. The fourth-order valence-electron chi connectivity index (χ4n) is 3.80. The van der Waals surface area contributed by atoms with E-state index in [0.29, 0.717) is 40.2 Å². The Morgan fingerprint density at radius 1 is 1.18 bits per heavy atom. The number of nitrogens with zero attached hydrogens (tertiary/aromatic N) is 4. The molecule has 1 unspecified atom stereocenters. The van der Waals surface area contributed by atoms with Crippen molar-refractivity contribution in [3.05, 3.63) is 47.0 Å². The van der Waals surface area contributed by atoms with Gasteiger partial charge in [-0.25, -0.2) is 8.78 Å². The average molecular weight is 578 g/mol. The van der Waals surface area contributed by atoms with E-state index in [9.17, 15) is 8.78 Å². The number of hydrazone groups is 1. The summed E-state index contributed by atoms with van der Waals surface area (Å²) >= 11 is 3.39. The number of hydrogen-bond acceptors (Lipinski definition) is 7. The van der Waals surface area contributed by atoms with Gasteiger partial charge in [-0.3, -0.25) is 9.88 Å². The summed E-state index contributed by atoms with van der Waals surface area (Å²) in [7, 11) is 1.49. The minimum atomic E-state index is -2.71. The van der Waals surface area contributed by atoms with Crippen LogP contribution in [0.15, 0.2) is 35.6 Å². The molecule has 0 radical (unpaired) electrons. The molecule has 6 nitrogen and oxygen atoms in total. The van der Waals surface area contributed by atoms with Gasteiger partial charge in [-0.15, -0.1) is 0 Å². The first-order valence-corrected chi connectivity index (χ1v) is 14.1. The molecule has 38 heavy (non-hydrogen) atoms. The smallest absolute Gasteiger partial charge is 0.494 e. The summed E-state index contributed by atoms with van der Waals surface area (Å²) in [5.74, 6) is 16.0. The Morgan fingerprint density at radius 3 is 2.74 bits per heavy atom. The first-order chi connectivity index (χ1) is 18.1. The SMILES string of the molecule is COc1cnc(C(F)F)cc1-c1cc(C#CCN2CCSCC2)ccc1[N-]C1=NNC(C#CC2CC2)S1.[K+]. The molecule has 1 aromatic carbocycles. The Balaban J connectivity index is 0.00000336. The monoisotopic (exact) mass is 577 g/mol. The maximum absolute atomic E-state index is 13.5. The molecule has 1 aromatic heterocycles. The maximum Gasteiger partial charge on any atom is 1.00 e. The predicted molar refractivity (Wildman–Crippen MR) is 147 cm³/mol. The Morgan fingerprint density at radius 2 is 2.00 bits per heavy atom. The third-order valence-electron chi connectivity index (χ3n) is 5.97. The zero-order chi connectivity index (χ0) is 25.6. The van der Waals surface area contributed by atoms with E-state index in [2.05, 4.69) is 44.1 Å². The molecule has 192 valence electrons. The van der Waals surface area contributed by atoms with Gasteiger partial charge in [0.05, 0.1) is 19.9 Å². The second-order valence-corrected chi connectivity index (χ2v) is 11.0. The normalized spacial score (nSPS) is 18.7. The first-order valence-electron chi connectivity index (χ1n) is 12.1. The number of amidine groups is 1. The second kappa shape index (κ2) is 14.4. The molecule has 1 saturated carbocycles. The van der Waals surface area contributed by atoms with Crippen molar-refractivity contribution in [1.29, 1.82) is 0 Å². The first kappa shape index (κ1) is 29.7. The maximum atomic E-state index is 13.5. The van der Waals surface area contributed by atoms with Gasteiger partial charge in [0.15, 0.2) is 0 Å². The molecule has 0 bridgehead atoms. The van der Waals surface area contributed by atoms with E-state index in [1.807, 2.05) is 30.0 Å². The number of pyridine rings is 1. The quantitative estimate of drug-likeness (QED) is 0.435. The van der Waals surface area contributed by atoms with Crippen LogP contribution in [0.2, 0.25) is 0 Å². The van der Waals surface area contributed by atoms with Crippen LogP contribution in [0.1, 0.15) is 30.5 Å². The Hall–Kier alpha value is -1.28. The van der Waals surface area contributed by atoms with Crippen LogP contribution in [0.4, 0.5) is 14.5 Å². The van der Waals surface area contributed by atoms with Crippen LogP contribution in [0.3, 0.4) is 0 Å². The van der Waals surface area contributed by atoms with Crippen LogP contribution >= 0.6 is 23.5 Å². The fraction of sp³-hybridized carbons (Fsp3) is 0.407. The van der Waals surface area contributed by atoms with Crippen molar-refractivity contribution in [2.75, 3.05) is 38.2 Å². The van der Waals surface area contributed by atoms with Crippen molar-refractivity contribution in [2.24, 2.45) is 11.0 Å². The van der Waals surface area contributed by atoms with Gasteiger partial charge in [-0.2, -0.15) is 11.8 Å². The number of hydrogen-bond donors (Lipinski definition) is 1. The molecule has 1 aliphatic carbocycles. The van der Waals surface area contributed by atoms with Crippen molar-refractivity contribution < 1.29 is 64.9 Å². The summed E-state index contributed by atoms with van der Waals surface area (Å²) in [6, 6.07) is 6.95. The molecule has 5 rings (SSSR count). The summed E-state index contributed by atoms with van der Waals surface area (Å²) < 4.78 is 32.5. The predicted octanol–water partition coefficient (Wildman–Crippen LogP) is 2.45. The largest absolute Gasteiger partial charge is 1.00 e. The Bertz CT molecular complexity index is 1290. The number of benzene rings is 1. The van der Waals surface area contributed by atoms with Gasteiger partial charge in [-0.05, 0) is 47.5 Å². The van der Waals surface area contributed by atoms with E-state index in [0.717, 1.165) is 43.0 Å². The summed E-state index contributed by atoms with van der Waals surface area (Å²) in [6.45, 7) is 2.76. The fourth-order valence-corrected chi connectivity index (χ4v) is 5.48. The van der Waals surface area contributed by atoms with Gasteiger partial charge >= 0.3 is 51.4 Å². The van der Waals surface area contributed by atoms with Crippen LogP contribution in [-0.2, 0) is 0 Å². The number of alkyl halides is 2. The summed E-state index contributed by atoms with van der Waals surface area (Å²) in [5, 5.41) is 9.43. The molecule has 1 N–H and O–H groups in total. The minimum absolute atomic E-state index is 0. The van der Waals surface area contributed by atoms with Crippen molar-refractivity contribution in [3.8, 4) is 40.6 Å². The van der Waals surface area contributed by atoms with Crippen molar-refractivity contribution >= 4 is 34.4 Å². The molecular weight excluding hydrogens is 552 g/mol. The van der Waals surface area contributed by atoms with E-state index in [1.165, 1.54) is 31.1 Å². The summed E-state index contributed by atoms with van der Waals surface area (Å²) in [5.41, 5.74) is 5.12. The van der Waals surface area contributed by atoms with Crippen LogP contribution in [0.5, 0.6) is 5.75 Å². The molecule has 3 aliphatic rings. The number of methoxy groups -OCH3 is 1. The van der Waals surface area contributed by atoms with E-state index in [-0.39, 0.29) is 62.5 Å². The van der Waals surface area contributed by atoms with Gasteiger partial charge in [-0.1, -0.05) is 41.5 Å². The molecule has 2 aliphatic heterocycles. The molecule has 1 saturated heterocycles. The number of aromatic nitrogens is 1. The Labute approximate surface area is 273 Å². The summed E-state index contributed by atoms with van der Waals surface area (Å²) in [4.78, 5) is 6.18. The second-order valence-electron chi connectivity index (χ2n) is 8.73. The van der Waals surface area contributed by atoms with Gasteiger partial charge in [0.1, 0.15) is 16.8 Å². The number of ether oxygens (including phenoxy) is 1. The molecule has 2 fully saturated rings. The number of halogens is 2. The average Bonchev–Trinajstić information content (AvgIpc) is 3.65. The third kappa shape index (κ3) is 8.12. The van der Waals surface area contributed by atoms with E-state index in [4.69, 9.17) is 10.1 Å². The standard InChI is InChI=1S/C27H26F2N5OS2.K/c1-35-24-17-30-23(26(28)29)16-21(24)20-15-19(3-2-10-34-11-13-36-14-12-34)6-8-22(20)31-27-33-32-25(37-27)9-7-18-4-5-18;/h6,8,15-18,25-26,32H,4-5,10-14H2,1H3;/q-1;+1. The number of thioether (sulfide) groups is 2. The van der Waals surface area contributed by atoms with Gasteiger partial charge < -0.3 is 20.6 Å². The zero-order valence-corrected chi connectivity index (χ0v) is 26.1. The van der Waals surface area contributed by atoms with E-state index in [1.54, 1.807) is 0 Å². The minimum Gasteiger partial charge on any atom is -0.494 e. The molecule has 11 heteroatoms. The van der Waals surface area contributed by atoms with Crippen molar-refractivity contribution in [2.45, 2.75) is 24.6 Å². The molecule has 0 amide bonds. The van der Waals surface area contributed by atoms with E-state index >= 15 is 0 Å². The van der Waals surface area contributed by atoms with Crippen LogP contribution in [0, 0.1) is 29.6 Å². The number of nitrogens with one attached hydrogen (secondary N) is 1. The van der Waals surface area contributed by atoms with Gasteiger partial charge in [0.2, 0.25) is 0 Å². The van der Waals surface area contributed by atoms with Crippen LogP contribution in [-0.4, -0.2) is 58.7 Å². The molecule has 1 atom stereocenters. The molecule has 0 spiro atoms. The number of rotatable bonds is 5. The Kier molecular flexibility index (Phi) is 11.2. The van der Waals surface area contributed by atoms with Crippen LogP contribution in [0.25, 0.3) is 16.4 Å². The van der Waals surface area contributed by atoms with E-state index < -0.39 is 6.43 Å². The van der Waals surface area contributed by atoms with Crippen LogP contribution < -0.4 is 61.5 Å². The topological polar surface area (TPSA) is 63.9 Å². The third-order valence-corrected chi connectivity index (χ3v) is 7.77. The molecule has 3 heterocycles. The molecular formula is C27H26F2KN5OS2. The zero-order valence-electron chi connectivity index (χ0n) is 21.3. The van der Waals surface area contributed by atoms with Crippen molar-refractivity contribution in [1.82, 2.24) is 15.3 Å². The van der Waals surface area contributed by atoms with Gasteiger partial charge in [0, 0.05) is 41.6 Å². The van der Waals surface area contributed by atoms with Gasteiger partial charge in [0.25, 0.3) is 6.43 Å².